The molecule has 0 bridgehead atoms. The highest BCUT2D eigenvalue weighted by atomic mass is 16.5. The van der Waals surface area contributed by atoms with Gasteiger partial charge >= 0.3 is 0 Å². The molecule has 0 unspecified atom stereocenters. The molecular weight excluding hydrogens is 214 g/mol. The van der Waals surface area contributed by atoms with Crippen LogP contribution >= 0.6 is 0 Å². The molecule has 3 nitrogen and oxygen atoms in total. The number of piperidine rings is 1. The van der Waals surface area contributed by atoms with E-state index >= 15 is 0 Å². The van der Waals surface area contributed by atoms with Crippen molar-refractivity contribution in [3.63, 3.8) is 0 Å². The summed E-state index contributed by atoms with van der Waals surface area (Å²) in [5.41, 5.74) is 0. The van der Waals surface area contributed by atoms with Crippen LogP contribution in [0.4, 0.5) is 0 Å². The molecule has 100 valence electrons. The van der Waals surface area contributed by atoms with Gasteiger partial charge in [-0.3, -0.25) is 4.90 Å². The molecule has 2 aliphatic rings. The number of methoxy groups -OCH3 is 2. The lowest BCUT2D eigenvalue weighted by atomic mass is 9.81. The minimum absolute atomic E-state index is 0.422. The van der Waals surface area contributed by atoms with Gasteiger partial charge in [-0.2, -0.15) is 0 Å². The standard InChI is InChI=1S/C14H27NO2/c1-10(2)13-5-6-15(9-14(13)17-4)11-7-12(8-11)16-3/h10-14H,5-9H2,1-4H3/t11?,12?,13-,14+/m1/s1. The normalized spacial score (nSPS) is 39.4. The Morgan fingerprint density at radius 1 is 1.12 bits per heavy atom. The Bertz CT molecular complexity index is 238. The van der Waals surface area contributed by atoms with Crippen molar-refractivity contribution in [3.8, 4) is 0 Å². The molecule has 2 atom stereocenters. The van der Waals surface area contributed by atoms with Gasteiger partial charge in [0.25, 0.3) is 0 Å². The summed E-state index contributed by atoms with van der Waals surface area (Å²) in [5.74, 6) is 1.46. The van der Waals surface area contributed by atoms with Gasteiger partial charge in [0.2, 0.25) is 0 Å². The Labute approximate surface area is 105 Å². The quantitative estimate of drug-likeness (QED) is 0.753. The van der Waals surface area contributed by atoms with E-state index in [1.54, 1.807) is 0 Å². The first-order valence-electron chi connectivity index (χ1n) is 6.95. The Morgan fingerprint density at radius 3 is 2.35 bits per heavy atom. The average molecular weight is 241 g/mol. The molecule has 1 aliphatic heterocycles. The minimum atomic E-state index is 0.422. The largest absolute Gasteiger partial charge is 0.381 e. The lowest BCUT2D eigenvalue weighted by Crippen LogP contribution is -2.55. The summed E-state index contributed by atoms with van der Waals surface area (Å²) in [6, 6.07) is 0.741. The summed E-state index contributed by atoms with van der Waals surface area (Å²) in [7, 11) is 3.69. The molecular formula is C14H27NO2. The molecule has 0 aromatic carbocycles. The van der Waals surface area contributed by atoms with E-state index in [0.717, 1.165) is 24.4 Å². The molecule has 0 aromatic rings. The summed E-state index contributed by atoms with van der Waals surface area (Å²) in [4.78, 5) is 2.61. The Balaban J connectivity index is 1.84. The van der Waals surface area contributed by atoms with Gasteiger partial charge in [0.1, 0.15) is 0 Å². The van der Waals surface area contributed by atoms with Gasteiger partial charge in [0.05, 0.1) is 12.2 Å². The molecule has 0 aromatic heterocycles. The highest BCUT2D eigenvalue weighted by molar-refractivity contribution is 4.92. The highest BCUT2D eigenvalue weighted by Crippen LogP contribution is 2.33. The number of rotatable bonds is 4. The van der Waals surface area contributed by atoms with E-state index in [0.29, 0.717) is 12.2 Å². The zero-order chi connectivity index (χ0) is 12.4. The highest BCUT2D eigenvalue weighted by Gasteiger charge is 2.39. The lowest BCUT2D eigenvalue weighted by molar-refractivity contribution is -0.0807. The summed E-state index contributed by atoms with van der Waals surface area (Å²) >= 11 is 0. The minimum Gasteiger partial charge on any atom is -0.381 e. The smallest absolute Gasteiger partial charge is 0.0729 e. The Morgan fingerprint density at radius 2 is 1.82 bits per heavy atom. The summed E-state index contributed by atoms with van der Waals surface area (Å²) < 4.78 is 11.1. The molecule has 1 saturated heterocycles. The number of nitrogens with zero attached hydrogens (tertiary/aromatic N) is 1. The number of hydrogen-bond donors (Lipinski definition) is 0. The zero-order valence-corrected chi connectivity index (χ0v) is 11.7. The second kappa shape index (κ2) is 5.68. The van der Waals surface area contributed by atoms with Crippen molar-refractivity contribution in [2.45, 2.75) is 51.4 Å². The van der Waals surface area contributed by atoms with Gasteiger partial charge in [-0.25, -0.2) is 0 Å². The second-order valence-corrected chi connectivity index (χ2v) is 5.95. The van der Waals surface area contributed by atoms with Crippen molar-refractivity contribution < 1.29 is 9.47 Å². The third-order valence-electron chi connectivity index (χ3n) is 4.72. The molecule has 0 amide bonds. The topological polar surface area (TPSA) is 21.7 Å². The van der Waals surface area contributed by atoms with E-state index < -0.39 is 0 Å². The van der Waals surface area contributed by atoms with Crippen LogP contribution in [0.15, 0.2) is 0 Å². The van der Waals surface area contributed by atoms with Crippen LogP contribution in [0.1, 0.15) is 33.1 Å². The van der Waals surface area contributed by atoms with Crippen LogP contribution in [0.5, 0.6) is 0 Å². The molecule has 0 spiro atoms. The average Bonchev–Trinajstić information content (AvgIpc) is 2.27. The van der Waals surface area contributed by atoms with Crippen LogP contribution in [0.2, 0.25) is 0 Å². The van der Waals surface area contributed by atoms with Crippen LogP contribution in [0.25, 0.3) is 0 Å². The van der Waals surface area contributed by atoms with Gasteiger partial charge in [-0.15, -0.1) is 0 Å². The van der Waals surface area contributed by atoms with E-state index in [-0.39, 0.29) is 0 Å². The molecule has 1 saturated carbocycles. The van der Waals surface area contributed by atoms with Crippen LogP contribution in [0.3, 0.4) is 0 Å². The van der Waals surface area contributed by atoms with Crippen molar-refractivity contribution in [2.24, 2.45) is 11.8 Å². The van der Waals surface area contributed by atoms with Crippen LogP contribution in [0, 0.1) is 11.8 Å². The summed E-state index contributed by atoms with van der Waals surface area (Å²) in [6.07, 6.45) is 4.62. The van der Waals surface area contributed by atoms with E-state index in [1.807, 2.05) is 14.2 Å². The summed E-state index contributed by atoms with van der Waals surface area (Å²) in [6.45, 7) is 6.98. The fraction of sp³-hybridized carbons (Fsp3) is 1.00. The molecule has 3 heteroatoms. The SMILES string of the molecule is COC1CC(N2CC[C@H](C(C)C)[C@@H](OC)C2)C1. The lowest BCUT2D eigenvalue weighted by Gasteiger charge is -2.48. The molecule has 0 radical (unpaired) electrons. The van der Waals surface area contributed by atoms with E-state index in [9.17, 15) is 0 Å². The van der Waals surface area contributed by atoms with Gasteiger partial charge in [-0.05, 0) is 37.6 Å². The number of hydrogen-bond acceptors (Lipinski definition) is 3. The molecule has 1 aliphatic carbocycles. The van der Waals surface area contributed by atoms with Crippen LogP contribution in [-0.2, 0) is 9.47 Å². The van der Waals surface area contributed by atoms with Crippen molar-refractivity contribution in [2.75, 3.05) is 27.3 Å². The molecule has 2 fully saturated rings. The molecule has 2 rings (SSSR count). The first-order valence-corrected chi connectivity index (χ1v) is 6.95. The van der Waals surface area contributed by atoms with Crippen molar-refractivity contribution >= 4 is 0 Å². The van der Waals surface area contributed by atoms with E-state index in [1.165, 1.54) is 25.8 Å². The molecule has 0 N–H and O–H groups in total. The van der Waals surface area contributed by atoms with Crippen molar-refractivity contribution in [1.82, 2.24) is 4.90 Å². The van der Waals surface area contributed by atoms with Crippen molar-refractivity contribution in [3.05, 3.63) is 0 Å². The maximum atomic E-state index is 5.69. The zero-order valence-electron chi connectivity index (χ0n) is 11.7. The van der Waals surface area contributed by atoms with Gasteiger partial charge < -0.3 is 9.47 Å². The number of likely N-dealkylation sites (tertiary alicyclic amines) is 1. The van der Waals surface area contributed by atoms with Gasteiger partial charge in [0.15, 0.2) is 0 Å². The molecule has 17 heavy (non-hydrogen) atoms. The van der Waals surface area contributed by atoms with Gasteiger partial charge in [-0.1, -0.05) is 13.8 Å². The first-order chi connectivity index (χ1) is 8.15. The van der Waals surface area contributed by atoms with E-state index in [2.05, 4.69) is 18.7 Å². The maximum Gasteiger partial charge on any atom is 0.0729 e. The number of ether oxygens (including phenoxy) is 2. The predicted molar refractivity (Wildman–Crippen MR) is 69.1 cm³/mol. The van der Waals surface area contributed by atoms with Crippen LogP contribution < -0.4 is 0 Å². The summed E-state index contributed by atoms with van der Waals surface area (Å²) in [5, 5.41) is 0. The Hall–Kier alpha value is -0.120. The van der Waals surface area contributed by atoms with E-state index in [4.69, 9.17) is 9.47 Å². The third kappa shape index (κ3) is 2.83. The monoisotopic (exact) mass is 241 g/mol. The molecule has 1 heterocycles. The van der Waals surface area contributed by atoms with Crippen molar-refractivity contribution in [1.29, 1.82) is 0 Å². The predicted octanol–water partition coefficient (Wildman–Crippen LogP) is 2.16. The maximum absolute atomic E-state index is 5.69. The third-order valence-corrected chi connectivity index (χ3v) is 4.72. The Kier molecular flexibility index (Phi) is 4.45. The fourth-order valence-corrected chi connectivity index (χ4v) is 3.33. The second-order valence-electron chi connectivity index (χ2n) is 5.95. The van der Waals surface area contributed by atoms with Crippen LogP contribution in [-0.4, -0.2) is 50.5 Å². The fourth-order valence-electron chi connectivity index (χ4n) is 3.33. The van der Waals surface area contributed by atoms with Gasteiger partial charge in [0, 0.05) is 26.8 Å². The first kappa shape index (κ1) is 13.3.